The molecule has 0 unspecified atom stereocenters. The van der Waals surface area contributed by atoms with Crippen LogP contribution in [0.15, 0.2) is 18.2 Å². The Bertz CT molecular complexity index is 523. The Morgan fingerprint density at radius 1 is 1.32 bits per heavy atom. The maximum absolute atomic E-state index is 12.5. The predicted octanol–water partition coefficient (Wildman–Crippen LogP) is 0.695. The summed E-state index contributed by atoms with van der Waals surface area (Å²) in [4.78, 5) is 14.3. The molecule has 3 rings (SSSR count). The molecule has 19 heavy (non-hydrogen) atoms. The Labute approximate surface area is 114 Å². The number of fused-ring (bicyclic) bond motifs is 1. The highest BCUT2D eigenvalue weighted by molar-refractivity contribution is 7.85. The lowest BCUT2D eigenvalue weighted by molar-refractivity contribution is 0.0767. The van der Waals surface area contributed by atoms with Crippen LogP contribution < -0.4 is 10.1 Å². The number of hydrogen-bond donors (Lipinski definition) is 1. The maximum Gasteiger partial charge on any atom is 0.257 e. The van der Waals surface area contributed by atoms with Crippen molar-refractivity contribution < 1.29 is 13.7 Å². The van der Waals surface area contributed by atoms with E-state index in [1.165, 1.54) is 0 Å². The highest BCUT2D eigenvalue weighted by Crippen LogP contribution is 2.32. The minimum Gasteiger partial charge on any atom is -0.489 e. The molecule has 0 aliphatic carbocycles. The second-order valence-corrected chi connectivity index (χ2v) is 6.29. The van der Waals surface area contributed by atoms with E-state index in [4.69, 9.17) is 4.74 Å². The molecule has 1 N–H and O–H groups in total. The van der Waals surface area contributed by atoms with Gasteiger partial charge in [0.05, 0.1) is 11.3 Å². The molecule has 0 radical (unpaired) electrons. The summed E-state index contributed by atoms with van der Waals surface area (Å²) < 4.78 is 17.0. The van der Waals surface area contributed by atoms with Crippen LogP contribution in [-0.4, -0.2) is 52.8 Å². The molecule has 0 spiro atoms. The van der Waals surface area contributed by atoms with Crippen molar-refractivity contribution in [3.63, 3.8) is 0 Å². The van der Waals surface area contributed by atoms with Gasteiger partial charge in [-0.2, -0.15) is 0 Å². The van der Waals surface area contributed by atoms with Crippen LogP contribution in [0.4, 0.5) is 5.69 Å². The van der Waals surface area contributed by atoms with Crippen molar-refractivity contribution >= 4 is 22.4 Å². The zero-order valence-electron chi connectivity index (χ0n) is 10.6. The van der Waals surface area contributed by atoms with Gasteiger partial charge in [-0.25, -0.2) is 0 Å². The number of hydrogen-bond acceptors (Lipinski definition) is 4. The SMILES string of the molecule is O=C(c1cccc2c1OCCN2)N1CCS(=O)CC1. The second-order valence-electron chi connectivity index (χ2n) is 4.60. The van der Waals surface area contributed by atoms with Crippen LogP contribution in [0.25, 0.3) is 0 Å². The smallest absolute Gasteiger partial charge is 0.257 e. The summed E-state index contributed by atoms with van der Waals surface area (Å²) in [6, 6.07) is 5.56. The number of amides is 1. The molecule has 2 aliphatic rings. The quantitative estimate of drug-likeness (QED) is 0.822. The molecule has 1 fully saturated rings. The fraction of sp³-hybridized carbons (Fsp3) is 0.462. The van der Waals surface area contributed by atoms with Gasteiger partial charge in [0.15, 0.2) is 5.75 Å². The van der Waals surface area contributed by atoms with Crippen LogP contribution >= 0.6 is 0 Å². The van der Waals surface area contributed by atoms with E-state index in [9.17, 15) is 9.00 Å². The van der Waals surface area contributed by atoms with Gasteiger partial charge in [0.25, 0.3) is 5.91 Å². The van der Waals surface area contributed by atoms with Crippen molar-refractivity contribution in [2.45, 2.75) is 0 Å². The number of nitrogens with zero attached hydrogens (tertiary/aromatic N) is 1. The van der Waals surface area contributed by atoms with Gasteiger partial charge in [0, 0.05) is 41.9 Å². The van der Waals surface area contributed by atoms with E-state index < -0.39 is 10.8 Å². The van der Waals surface area contributed by atoms with E-state index in [-0.39, 0.29) is 5.91 Å². The molecule has 1 aromatic carbocycles. The molecule has 1 saturated heterocycles. The van der Waals surface area contributed by atoms with Crippen LogP contribution in [0.3, 0.4) is 0 Å². The molecule has 2 heterocycles. The zero-order chi connectivity index (χ0) is 13.2. The monoisotopic (exact) mass is 280 g/mol. The number of para-hydroxylation sites is 1. The zero-order valence-corrected chi connectivity index (χ0v) is 11.4. The third-order valence-electron chi connectivity index (χ3n) is 3.37. The first-order valence-corrected chi connectivity index (χ1v) is 7.88. The molecule has 0 bridgehead atoms. The van der Waals surface area contributed by atoms with E-state index >= 15 is 0 Å². The Morgan fingerprint density at radius 2 is 2.11 bits per heavy atom. The number of rotatable bonds is 1. The van der Waals surface area contributed by atoms with Gasteiger partial charge in [0.2, 0.25) is 0 Å². The largest absolute Gasteiger partial charge is 0.489 e. The normalized spacial score (nSPS) is 19.3. The van der Waals surface area contributed by atoms with Crippen LogP contribution in [0.5, 0.6) is 5.75 Å². The third-order valence-corrected chi connectivity index (χ3v) is 4.65. The summed E-state index contributed by atoms with van der Waals surface area (Å²) in [5, 5.41) is 3.22. The van der Waals surface area contributed by atoms with E-state index in [1.807, 2.05) is 12.1 Å². The summed E-state index contributed by atoms with van der Waals surface area (Å²) in [6.07, 6.45) is 0. The van der Waals surface area contributed by atoms with Crippen LogP contribution in [-0.2, 0) is 10.8 Å². The van der Waals surface area contributed by atoms with E-state index in [2.05, 4.69) is 5.32 Å². The molecule has 0 aromatic heterocycles. The molecule has 1 amide bonds. The number of carbonyl (C=O) groups is 1. The first kappa shape index (κ1) is 12.5. The minimum absolute atomic E-state index is 0.0303. The summed E-state index contributed by atoms with van der Waals surface area (Å²) in [5.41, 5.74) is 1.47. The highest BCUT2D eigenvalue weighted by atomic mass is 32.2. The highest BCUT2D eigenvalue weighted by Gasteiger charge is 2.25. The number of nitrogens with one attached hydrogen (secondary N) is 1. The maximum atomic E-state index is 12.5. The van der Waals surface area contributed by atoms with Crippen LogP contribution in [0, 0.1) is 0 Å². The first-order valence-electron chi connectivity index (χ1n) is 6.39. The molecule has 102 valence electrons. The average Bonchev–Trinajstić information content (AvgIpc) is 2.47. The topological polar surface area (TPSA) is 58.6 Å². The van der Waals surface area contributed by atoms with Gasteiger partial charge in [-0.05, 0) is 12.1 Å². The molecule has 5 nitrogen and oxygen atoms in total. The van der Waals surface area contributed by atoms with Gasteiger partial charge >= 0.3 is 0 Å². The second kappa shape index (κ2) is 5.21. The van der Waals surface area contributed by atoms with Crippen molar-refractivity contribution in [3.8, 4) is 5.75 Å². The lowest BCUT2D eigenvalue weighted by atomic mass is 10.1. The number of benzene rings is 1. The summed E-state index contributed by atoms with van der Waals surface area (Å²) in [6.45, 7) is 2.44. The number of ether oxygens (including phenoxy) is 1. The first-order chi connectivity index (χ1) is 9.25. The van der Waals surface area contributed by atoms with Gasteiger partial charge in [-0.1, -0.05) is 6.07 Å². The molecule has 0 atom stereocenters. The molecule has 1 aromatic rings. The molecular weight excluding hydrogens is 264 g/mol. The Kier molecular flexibility index (Phi) is 3.42. The van der Waals surface area contributed by atoms with Gasteiger partial charge < -0.3 is 15.0 Å². The Morgan fingerprint density at radius 3 is 2.89 bits per heavy atom. The summed E-state index contributed by atoms with van der Waals surface area (Å²) in [5.74, 6) is 1.75. The standard InChI is InChI=1S/C13H16N2O3S/c16-13(15-5-8-19(17)9-6-15)10-2-1-3-11-12(10)18-7-4-14-11/h1-3,14H,4-9H2. The molecule has 2 aliphatic heterocycles. The minimum atomic E-state index is -0.773. The fourth-order valence-electron chi connectivity index (χ4n) is 2.35. The lowest BCUT2D eigenvalue weighted by Gasteiger charge is -2.28. The van der Waals surface area contributed by atoms with Crippen molar-refractivity contribution in [2.24, 2.45) is 0 Å². The Balaban J connectivity index is 1.85. The fourth-order valence-corrected chi connectivity index (χ4v) is 3.40. The Hall–Kier alpha value is -1.56. The summed E-state index contributed by atoms with van der Waals surface area (Å²) >= 11 is 0. The summed E-state index contributed by atoms with van der Waals surface area (Å²) in [7, 11) is -0.773. The molecule has 6 heteroatoms. The number of anilines is 1. The van der Waals surface area contributed by atoms with Crippen molar-refractivity contribution in [3.05, 3.63) is 23.8 Å². The van der Waals surface area contributed by atoms with E-state index in [0.29, 0.717) is 42.5 Å². The van der Waals surface area contributed by atoms with Gasteiger partial charge in [-0.15, -0.1) is 0 Å². The van der Waals surface area contributed by atoms with Crippen LogP contribution in [0.2, 0.25) is 0 Å². The van der Waals surface area contributed by atoms with Crippen LogP contribution in [0.1, 0.15) is 10.4 Å². The lowest BCUT2D eigenvalue weighted by Crippen LogP contribution is -2.42. The number of carbonyl (C=O) groups excluding carboxylic acids is 1. The molecule has 0 saturated carbocycles. The molecular formula is C13H16N2O3S. The van der Waals surface area contributed by atoms with Crippen molar-refractivity contribution in [1.82, 2.24) is 4.90 Å². The van der Waals surface area contributed by atoms with Gasteiger partial charge in [0.1, 0.15) is 6.61 Å². The van der Waals surface area contributed by atoms with E-state index in [0.717, 1.165) is 12.2 Å². The average molecular weight is 280 g/mol. The van der Waals surface area contributed by atoms with Crippen molar-refractivity contribution in [2.75, 3.05) is 43.1 Å². The van der Waals surface area contributed by atoms with Gasteiger partial charge in [-0.3, -0.25) is 9.00 Å². The predicted molar refractivity (Wildman–Crippen MR) is 74.2 cm³/mol. The van der Waals surface area contributed by atoms with Crippen molar-refractivity contribution in [1.29, 1.82) is 0 Å². The third kappa shape index (κ3) is 2.45. The van der Waals surface area contributed by atoms with E-state index in [1.54, 1.807) is 11.0 Å².